The van der Waals surface area contributed by atoms with Gasteiger partial charge in [0.1, 0.15) is 0 Å². The van der Waals surface area contributed by atoms with Gasteiger partial charge in [0.05, 0.1) is 23.8 Å². The van der Waals surface area contributed by atoms with E-state index in [1.165, 1.54) is 12.6 Å². The van der Waals surface area contributed by atoms with E-state index in [-0.39, 0.29) is 6.54 Å². The predicted molar refractivity (Wildman–Crippen MR) is 116 cm³/mol. The molecule has 0 unspecified atom stereocenters. The van der Waals surface area contributed by atoms with Crippen LogP contribution < -0.4 is 5.32 Å². The van der Waals surface area contributed by atoms with Gasteiger partial charge in [0.2, 0.25) is 21.9 Å². The monoisotopic (exact) mass is 434 g/mol. The van der Waals surface area contributed by atoms with Gasteiger partial charge in [0.15, 0.2) is 0 Å². The standard InChI is InChI=1S/C20H23ClN4O3S/c1-24(29(2,27)28)14-19(26)23-20-22-17-13-16(21)10-11-18(17)25(20)12-6-9-15-7-4-3-5-8-15/h3-5,7-8,10-11,13H,6,9,12,14H2,1-2H3,(H,22,23,26). The van der Waals surface area contributed by atoms with Gasteiger partial charge in [-0.2, -0.15) is 4.31 Å². The molecule has 0 saturated heterocycles. The molecular formula is C20H23ClN4O3S. The second-order valence-corrected chi connectivity index (χ2v) is 9.40. The Balaban J connectivity index is 1.80. The predicted octanol–water partition coefficient (Wildman–Crippen LogP) is 3.15. The Labute approximate surface area is 175 Å². The van der Waals surface area contributed by atoms with Crippen LogP contribution in [0.5, 0.6) is 0 Å². The molecule has 3 aromatic rings. The summed E-state index contributed by atoms with van der Waals surface area (Å²) in [6.45, 7) is 0.358. The number of rotatable bonds is 8. The van der Waals surface area contributed by atoms with Gasteiger partial charge >= 0.3 is 0 Å². The van der Waals surface area contributed by atoms with Gasteiger partial charge in [-0.15, -0.1) is 0 Å². The van der Waals surface area contributed by atoms with E-state index in [0.717, 1.165) is 28.9 Å². The molecule has 2 aromatic carbocycles. The molecule has 0 saturated carbocycles. The van der Waals surface area contributed by atoms with Crippen LogP contribution in [0.25, 0.3) is 11.0 Å². The van der Waals surface area contributed by atoms with Gasteiger partial charge in [-0.3, -0.25) is 10.1 Å². The number of amides is 1. The number of anilines is 1. The number of hydrogen-bond acceptors (Lipinski definition) is 4. The fourth-order valence-corrected chi connectivity index (χ4v) is 3.51. The maximum atomic E-state index is 12.4. The van der Waals surface area contributed by atoms with Crippen LogP contribution in [0.1, 0.15) is 12.0 Å². The minimum Gasteiger partial charge on any atom is -0.310 e. The van der Waals surface area contributed by atoms with Crippen molar-refractivity contribution in [1.82, 2.24) is 13.9 Å². The first-order valence-electron chi connectivity index (χ1n) is 9.15. The van der Waals surface area contributed by atoms with Crippen molar-refractivity contribution in [2.75, 3.05) is 25.2 Å². The van der Waals surface area contributed by atoms with Crippen LogP contribution in [0.15, 0.2) is 48.5 Å². The number of fused-ring (bicyclic) bond motifs is 1. The molecule has 0 fully saturated rings. The molecule has 0 aliphatic rings. The lowest BCUT2D eigenvalue weighted by molar-refractivity contribution is -0.116. The minimum absolute atomic E-state index is 0.285. The number of aryl methyl sites for hydroxylation is 2. The van der Waals surface area contributed by atoms with Crippen molar-refractivity contribution >= 4 is 44.5 Å². The first-order valence-corrected chi connectivity index (χ1v) is 11.4. The summed E-state index contributed by atoms with van der Waals surface area (Å²) < 4.78 is 26.0. The summed E-state index contributed by atoms with van der Waals surface area (Å²) in [7, 11) is -2.09. The van der Waals surface area contributed by atoms with Crippen molar-refractivity contribution < 1.29 is 13.2 Å². The number of carbonyl (C=O) groups is 1. The number of carbonyl (C=O) groups excluding carboxylic acids is 1. The summed E-state index contributed by atoms with van der Waals surface area (Å²) >= 11 is 6.08. The van der Waals surface area contributed by atoms with Gasteiger partial charge in [-0.1, -0.05) is 41.9 Å². The van der Waals surface area contributed by atoms with Crippen molar-refractivity contribution in [3.8, 4) is 0 Å². The van der Waals surface area contributed by atoms with E-state index >= 15 is 0 Å². The lowest BCUT2D eigenvalue weighted by atomic mass is 10.1. The Morgan fingerprint density at radius 3 is 2.62 bits per heavy atom. The van der Waals surface area contributed by atoms with E-state index in [0.29, 0.717) is 23.0 Å². The Bertz CT molecular complexity index is 1110. The summed E-state index contributed by atoms with van der Waals surface area (Å²) in [5.41, 5.74) is 2.76. The molecule has 1 N–H and O–H groups in total. The summed E-state index contributed by atoms with van der Waals surface area (Å²) in [4.78, 5) is 16.9. The smallest absolute Gasteiger partial charge is 0.241 e. The molecular weight excluding hydrogens is 412 g/mol. The average Bonchev–Trinajstić information content (AvgIpc) is 2.98. The number of likely N-dealkylation sites (N-methyl/N-ethyl adjacent to an activating group) is 1. The van der Waals surface area contributed by atoms with Crippen LogP contribution in [0.2, 0.25) is 5.02 Å². The Morgan fingerprint density at radius 1 is 1.21 bits per heavy atom. The second kappa shape index (κ2) is 8.94. The molecule has 0 aliphatic heterocycles. The van der Waals surface area contributed by atoms with Crippen LogP contribution in [-0.2, 0) is 27.8 Å². The molecule has 0 aliphatic carbocycles. The van der Waals surface area contributed by atoms with E-state index in [1.807, 2.05) is 28.8 Å². The number of aromatic nitrogens is 2. The fourth-order valence-electron chi connectivity index (χ4n) is 2.99. The zero-order chi connectivity index (χ0) is 21.0. The number of sulfonamides is 1. The summed E-state index contributed by atoms with van der Waals surface area (Å²) in [6.07, 6.45) is 2.80. The normalized spacial score (nSPS) is 11.9. The van der Waals surface area contributed by atoms with Gasteiger partial charge in [-0.05, 0) is 36.6 Å². The zero-order valence-electron chi connectivity index (χ0n) is 16.3. The van der Waals surface area contributed by atoms with Crippen molar-refractivity contribution in [3.63, 3.8) is 0 Å². The van der Waals surface area contributed by atoms with Crippen molar-refractivity contribution in [2.24, 2.45) is 0 Å². The van der Waals surface area contributed by atoms with Gasteiger partial charge in [0.25, 0.3) is 0 Å². The van der Waals surface area contributed by atoms with E-state index < -0.39 is 15.9 Å². The number of benzene rings is 2. The van der Waals surface area contributed by atoms with Crippen molar-refractivity contribution in [3.05, 3.63) is 59.1 Å². The molecule has 9 heteroatoms. The largest absolute Gasteiger partial charge is 0.310 e. The number of nitrogens with one attached hydrogen (secondary N) is 1. The highest BCUT2D eigenvalue weighted by Crippen LogP contribution is 2.24. The average molecular weight is 435 g/mol. The second-order valence-electron chi connectivity index (χ2n) is 6.88. The number of halogens is 1. The first-order chi connectivity index (χ1) is 13.7. The third kappa shape index (κ3) is 5.56. The molecule has 29 heavy (non-hydrogen) atoms. The Morgan fingerprint density at radius 2 is 1.93 bits per heavy atom. The van der Waals surface area contributed by atoms with Crippen LogP contribution in [0.3, 0.4) is 0 Å². The molecule has 154 valence electrons. The van der Waals surface area contributed by atoms with Gasteiger partial charge in [0, 0.05) is 18.6 Å². The molecule has 7 nitrogen and oxygen atoms in total. The third-order valence-corrected chi connectivity index (χ3v) is 6.08. The molecule has 1 amide bonds. The van der Waals surface area contributed by atoms with Gasteiger partial charge in [-0.25, -0.2) is 13.4 Å². The number of nitrogens with zero attached hydrogens (tertiary/aromatic N) is 3. The maximum absolute atomic E-state index is 12.4. The van der Waals surface area contributed by atoms with Crippen LogP contribution in [-0.4, -0.2) is 48.0 Å². The molecule has 1 heterocycles. The van der Waals surface area contributed by atoms with E-state index in [2.05, 4.69) is 22.4 Å². The highest BCUT2D eigenvalue weighted by atomic mass is 35.5. The molecule has 0 radical (unpaired) electrons. The fraction of sp³-hybridized carbons (Fsp3) is 0.300. The molecule has 3 rings (SSSR count). The third-order valence-electron chi connectivity index (χ3n) is 4.58. The van der Waals surface area contributed by atoms with Crippen molar-refractivity contribution in [2.45, 2.75) is 19.4 Å². The maximum Gasteiger partial charge on any atom is 0.241 e. The Kier molecular flexibility index (Phi) is 6.56. The lowest BCUT2D eigenvalue weighted by Gasteiger charge is -2.14. The summed E-state index contributed by atoms with van der Waals surface area (Å²) in [5.74, 6) is -0.0779. The zero-order valence-corrected chi connectivity index (χ0v) is 17.9. The molecule has 0 spiro atoms. The van der Waals surface area contributed by atoms with E-state index in [1.54, 1.807) is 12.1 Å². The number of imidazole rings is 1. The van der Waals surface area contributed by atoms with Crippen LogP contribution in [0, 0.1) is 0 Å². The van der Waals surface area contributed by atoms with Crippen LogP contribution >= 0.6 is 11.6 Å². The Hall–Kier alpha value is -2.42. The van der Waals surface area contributed by atoms with E-state index in [4.69, 9.17) is 11.6 Å². The summed E-state index contributed by atoms with van der Waals surface area (Å²) in [6, 6.07) is 15.5. The molecule has 0 bridgehead atoms. The summed E-state index contributed by atoms with van der Waals surface area (Å²) in [5, 5.41) is 3.29. The minimum atomic E-state index is -3.45. The quantitative estimate of drug-likeness (QED) is 0.590. The van der Waals surface area contributed by atoms with Gasteiger partial charge < -0.3 is 4.57 Å². The highest BCUT2D eigenvalue weighted by molar-refractivity contribution is 7.88. The van der Waals surface area contributed by atoms with Crippen molar-refractivity contribution in [1.29, 1.82) is 0 Å². The lowest BCUT2D eigenvalue weighted by Crippen LogP contribution is -2.34. The van der Waals surface area contributed by atoms with E-state index in [9.17, 15) is 13.2 Å². The number of hydrogen-bond donors (Lipinski definition) is 1. The topological polar surface area (TPSA) is 84.3 Å². The molecule has 1 aromatic heterocycles. The SMILES string of the molecule is CN(CC(=O)Nc1nc2cc(Cl)ccc2n1CCCc1ccccc1)S(C)(=O)=O. The van der Waals surface area contributed by atoms with Crippen LogP contribution in [0.4, 0.5) is 5.95 Å². The molecule has 0 atom stereocenters. The first kappa shape index (κ1) is 21.3. The highest BCUT2D eigenvalue weighted by Gasteiger charge is 2.18.